The van der Waals surface area contributed by atoms with Gasteiger partial charge in [0.05, 0.1) is 0 Å². The molecule has 0 heterocycles. The van der Waals surface area contributed by atoms with Gasteiger partial charge in [0.1, 0.15) is 0 Å². The van der Waals surface area contributed by atoms with Crippen LogP contribution in [-0.2, 0) is 0 Å². The molecule has 1 rings (SSSR count). The molecule has 0 aliphatic heterocycles. The fourth-order valence-electron chi connectivity index (χ4n) is 2.71. The Morgan fingerprint density at radius 2 is 1.20 bits per heavy atom. The summed E-state index contributed by atoms with van der Waals surface area (Å²) in [5.41, 5.74) is 6.14. The van der Waals surface area contributed by atoms with Crippen LogP contribution in [0, 0.1) is 5.92 Å². The predicted molar refractivity (Wildman–Crippen MR) is 67.9 cm³/mol. The van der Waals surface area contributed by atoms with E-state index in [9.17, 15) is 0 Å². The molecule has 1 aliphatic carbocycles. The minimum absolute atomic E-state index is 0.473. The van der Waals surface area contributed by atoms with Crippen molar-refractivity contribution in [1.82, 2.24) is 0 Å². The topological polar surface area (TPSA) is 26.0 Å². The lowest BCUT2D eigenvalue weighted by Gasteiger charge is -2.16. The van der Waals surface area contributed by atoms with Gasteiger partial charge in [0.2, 0.25) is 0 Å². The van der Waals surface area contributed by atoms with E-state index in [4.69, 9.17) is 5.73 Å². The molecular weight excluding hydrogens is 182 g/mol. The number of rotatable bonds is 0. The van der Waals surface area contributed by atoms with Gasteiger partial charge in [-0.1, -0.05) is 64.7 Å². The standard InChI is InChI=1S/C14H29N/c1-13-10-8-6-4-2-3-5-7-9-11-14(15)12-13/h13-14H,2-12,15H2,1H3. The largest absolute Gasteiger partial charge is 0.328 e. The SMILES string of the molecule is CC1CCCCCCCCCCC(N)C1. The van der Waals surface area contributed by atoms with Crippen LogP contribution in [0.5, 0.6) is 0 Å². The van der Waals surface area contributed by atoms with Crippen molar-refractivity contribution in [2.45, 2.75) is 83.6 Å². The smallest absolute Gasteiger partial charge is 0.00413 e. The van der Waals surface area contributed by atoms with Crippen molar-refractivity contribution in [1.29, 1.82) is 0 Å². The zero-order valence-electron chi connectivity index (χ0n) is 10.5. The van der Waals surface area contributed by atoms with Gasteiger partial charge >= 0.3 is 0 Å². The highest BCUT2D eigenvalue weighted by Gasteiger charge is 2.09. The van der Waals surface area contributed by atoms with E-state index in [1.54, 1.807) is 0 Å². The van der Waals surface area contributed by atoms with Crippen molar-refractivity contribution in [3.05, 3.63) is 0 Å². The molecule has 1 aliphatic rings. The summed E-state index contributed by atoms with van der Waals surface area (Å²) >= 11 is 0. The van der Waals surface area contributed by atoms with E-state index in [-0.39, 0.29) is 0 Å². The Morgan fingerprint density at radius 1 is 0.733 bits per heavy atom. The second-order valence-electron chi connectivity index (χ2n) is 5.51. The average molecular weight is 211 g/mol. The van der Waals surface area contributed by atoms with Gasteiger partial charge in [-0.15, -0.1) is 0 Å². The van der Waals surface area contributed by atoms with E-state index in [0.717, 1.165) is 5.92 Å². The van der Waals surface area contributed by atoms with Crippen molar-refractivity contribution >= 4 is 0 Å². The Bertz CT molecular complexity index is 128. The van der Waals surface area contributed by atoms with Crippen LogP contribution in [0.2, 0.25) is 0 Å². The molecule has 0 aromatic heterocycles. The summed E-state index contributed by atoms with van der Waals surface area (Å²) in [5, 5.41) is 0. The second-order valence-corrected chi connectivity index (χ2v) is 5.51. The second kappa shape index (κ2) is 8.15. The monoisotopic (exact) mass is 211 g/mol. The fraction of sp³-hybridized carbons (Fsp3) is 1.00. The molecule has 90 valence electrons. The Labute approximate surface area is 95.8 Å². The summed E-state index contributed by atoms with van der Waals surface area (Å²) in [5.74, 6) is 0.848. The lowest BCUT2D eigenvalue weighted by Crippen LogP contribution is -2.22. The molecule has 2 N–H and O–H groups in total. The fourth-order valence-corrected chi connectivity index (χ4v) is 2.71. The Morgan fingerprint density at radius 3 is 1.80 bits per heavy atom. The normalized spacial score (nSPS) is 32.4. The van der Waals surface area contributed by atoms with Crippen LogP contribution in [0.25, 0.3) is 0 Å². The van der Waals surface area contributed by atoms with Crippen LogP contribution in [0.4, 0.5) is 0 Å². The van der Waals surface area contributed by atoms with E-state index < -0.39 is 0 Å². The third-order valence-electron chi connectivity index (χ3n) is 3.73. The van der Waals surface area contributed by atoms with Crippen LogP contribution in [0.3, 0.4) is 0 Å². The summed E-state index contributed by atoms with van der Waals surface area (Å²) in [4.78, 5) is 0. The number of hydrogen-bond donors (Lipinski definition) is 1. The van der Waals surface area contributed by atoms with Gasteiger partial charge < -0.3 is 5.73 Å². The summed E-state index contributed by atoms with van der Waals surface area (Å²) in [6.45, 7) is 2.37. The minimum Gasteiger partial charge on any atom is -0.328 e. The summed E-state index contributed by atoms with van der Waals surface area (Å²) in [6, 6.07) is 0.473. The van der Waals surface area contributed by atoms with Gasteiger partial charge in [0.25, 0.3) is 0 Å². The Balaban J connectivity index is 2.23. The molecule has 0 saturated heterocycles. The molecule has 2 unspecified atom stereocenters. The minimum atomic E-state index is 0.473. The maximum absolute atomic E-state index is 6.14. The molecule has 0 aromatic rings. The molecule has 0 amide bonds. The molecule has 0 spiro atoms. The van der Waals surface area contributed by atoms with Crippen LogP contribution in [0.1, 0.15) is 77.6 Å². The van der Waals surface area contributed by atoms with Gasteiger partial charge in [-0.2, -0.15) is 0 Å². The molecule has 0 radical (unpaired) electrons. The van der Waals surface area contributed by atoms with Crippen molar-refractivity contribution in [2.24, 2.45) is 11.7 Å². The maximum atomic E-state index is 6.14. The van der Waals surface area contributed by atoms with Crippen molar-refractivity contribution < 1.29 is 0 Å². The van der Waals surface area contributed by atoms with Crippen molar-refractivity contribution in [3.8, 4) is 0 Å². The van der Waals surface area contributed by atoms with Gasteiger partial charge in [0, 0.05) is 6.04 Å². The van der Waals surface area contributed by atoms with E-state index in [1.165, 1.54) is 70.6 Å². The number of hydrogen-bond acceptors (Lipinski definition) is 1. The van der Waals surface area contributed by atoms with Crippen LogP contribution < -0.4 is 5.73 Å². The van der Waals surface area contributed by atoms with Crippen molar-refractivity contribution in [2.75, 3.05) is 0 Å². The van der Waals surface area contributed by atoms with E-state index >= 15 is 0 Å². The van der Waals surface area contributed by atoms with Gasteiger partial charge in [-0.3, -0.25) is 0 Å². The van der Waals surface area contributed by atoms with E-state index in [2.05, 4.69) is 6.92 Å². The van der Waals surface area contributed by atoms with E-state index in [1.807, 2.05) is 0 Å². The van der Waals surface area contributed by atoms with Gasteiger partial charge in [-0.05, 0) is 18.8 Å². The third kappa shape index (κ3) is 6.94. The summed E-state index contributed by atoms with van der Waals surface area (Å²) in [7, 11) is 0. The van der Waals surface area contributed by atoms with Crippen LogP contribution in [0.15, 0.2) is 0 Å². The van der Waals surface area contributed by atoms with Gasteiger partial charge in [-0.25, -0.2) is 0 Å². The average Bonchev–Trinajstić information content (AvgIpc) is 2.21. The molecule has 1 saturated carbocycles. The molecule has 15 heavy (non-hydrogen) atoms. The zero-order chi connectivity index (χ0) is 10.9. The van der Waals surface area contributed by atoms with Gasteiger partial charge in [0.15, 0.2) is 0 Å². The first-order valence-electron chi connectivity index (χ1n) is 7.04. The summed E-state index contributed by atoms with van der Waals surface area (Å²) < 4.78 is 0. The maximum Gasteiger partial charge on any atom is 0.00413 e. The lowest BCUT2D eigenvalue weighted by molar-refractivity contribution is 0.402. The molecule has 0 bridgehead atoms. The molecule has 1 fully saturated rings. The molecule has 2 atom stereocenters. The first-order valence-corrected chi connectivity index (χ1v) is 7.04. The zero-order valence-corrected chi connectivity index (χ0v) is 10.5. The first kappa shape index (κ1) is 13.0. The van der Waals surface area contributed by atoms with Crippen molar-refractivity contribution in [3.63, 3.8) is 0 Å². The highest BCUT2D eigenvalue weighted by molar-refractivity contribution is 4.67. The third-order valence-corrected chi connectivity index (χ3v) is 3.73. The highest BCUT2D eigenvalue weighted by Crippen LogP contribution is 2.19. The lowest BCUT2D eigenvalue weighted by atomic mass is 9.94. The molecule has 1 heteroatoms. The molecular formula is C14H29N. The predicted octanol–water partition coefficient (Wildman–Crippen LogP) is 4.25. The van der Waals surface area contributed by atoms with Crippen LogP contribution >= 0.6 is 0 Å². The van der Waals surface area contributed by atoms with E-state index in [0.29, 0.717) is 6.04 Å². The summed E-state index contributed by atoms with van der Waals surface area (Å²) in [6.07, 6.45) is 15.3. The first-order chi connectivity index (χ1) is 7.29. The Kier molecular flexibility index (Phi) is 7.08. The molecule has 0 aromatic carbocycles. The van der Waals surface area contributed by atoms with Crippen LogP contribution in [-0.4, -0.2) is 6.04 Å². The molecule has 1 nitrogen and oxygen atoms in total. The highest BCUT2D eigenvalue weighted by atomic mass is 14.6. The number of nitrogens with two attached hydrogens (primary N) is 1. The quantitative estimate of drug-likeness (QED) is 0.636. The Hall–Kier alpha value is -0.0400.